The van der Waals surface area contributed by atoms with Crippen molar-refractivity contribution in [3.05, 3.63) is 36.4 Å². The van der Waals surface area contributed by atoms with Crippen LogP contribution in [0.5, 0.6) is 10.8 Å². The van der Waals surface area contributed by atoms with E-state index in [1.54, 1.807) is 87.2 Å². The minimum Gasteiger partial charge on any atom is -0.484 e. The van der Waals surface area contributed by atoms with Crippen molar-refractivity contribution in [1.29, 1.82) is 0 Å². The Kier molecular flexibility index (Phi) is 9.51. The molecule has 206 valence electrons. The maximum Gasteiger partial charge on any atom is 0.265 e. The van der Waals surface area contributed by atoms with Crippen LogP contribution in [-0.2, 0) is 13.9 Å². The highest BCUT2D eigenvalue weighted by Crippen LogP contribution is 2.71. The third-order valence-electron chi connectivity index (χ3n) is 6.11. The average molecular weight is 573 g/mol. The molecule has 1 aromatic heterocycles. The molecule has 1 atom stereocenters. The van der Waals surface area contributed by atoms with Crippen molar-refractivity contribution in [1.82, 2.24) is 18.7 Å². The summed E-state index contributed by atoms with van der Waals surface area (Å²) >= 11 is 1.33. The number of hydrogen-bond acceptors (Lipinski definition) is 7. The Labute approximate surface area is 223 Å². The third-order valence-corrected chi connectivity index (χ3v) is 15.0. The lowest BCUT2D eigenvalue weighted by molar-refractivity contribution is -0.124. The molecular formula is C23H38N6O5P2S. The van der Waals surface area contributed by atoms with E-state index < -0.39 is 26.5 Å². The van der Waals surface area contributed by atoms with Crippen LogP contribution in [0.1, 0.15) is 6.42 Å². The first-order valence-electron chi connectivity index (χ1n) is 11.8. The van der Waals surface area contributed by atoms with Gasteiger partial charge in [0.2, 0.25) is 14.9 Å². The Morgan fingerprint density at radius 2 is 1.51 bits per heavy atom. The molecule has 0 saturated heterocycles. The van der Waals surface area contributed by atoms with E-state index in [2.05, 4.69) is 10.6 Å². The summed E-state index contributed by atoms with van der Waals surface area (Å²) in [6.07, 6.45) is -0.273. The molecule has 1 unspecified atom stereocenters. The zero-order valence-corrected chi connectivity index (χ0v) is 25.3. The Bertz CT molecular complexity index is 1130. The van der Waals surface area contributed by atoms with Crippen LogP contribution in [-0.4, -0.2) is 99.2 Å². The number of hydrogen-bond donors (Lipinski definition) is 2. The molecule has 1 aromatic carbocycles. The number of rotatable bonds is 12. The van der Waals surface area contributed by atoms with E-state index in [4.69, 9.17) is 9.47 Å². The largest absolute Gasteiger partial charge is 0.484 e. The van der Waals surface area contributed by atoms with Crippen molar-refractivity contribution >= 4 is 42.8 Å². The number of fused-ring (bicyclic) bond motifs is 1. The van der Waals surface area contributed by atoms with Crippen molar-refractivity contribution < 1.29 is 23.4 Å². The molecule has 0 spiro atoms. The average Bonchev–Trinajstić information content (AvgIpc) is 3.28. The van der Waals surface area contributed by atoms with E-state index in [1.807, 2.05) is 24.3 Å². The van der Waals surface area contributed by atoms with Crippen LogP contribution in [0.25, 0.3) is 0 Å². The van der Waals surface area contributed by atoms with E-state index in [0.29, 0.717) is 27.9 Å². The Balaban J connectivity index is 1.74. The van der Waals surface area contributed by atoms with Crippen LogP contribution >= 0.6 is 26.2 Å². The molecule has 1 aliphatic heterocycles. The van der Waals surface area contributed by atoms with Gasteiger partial charge in [0.25, 0.3) is 5.91 Å². The molecule has 2 aromatic rings. The van der Waals surface area contributed by atoms with Crippen molar-refractivity contribution in [3.8, 4) is 10.8 Å². The summed E-state index contributed by atoms with van der Waals surface area (Å²) in [5.41, 5.74) is -0.241. The van der Waals surface area contributed by atoms with Gasteiger partial charge in [-0.1, -0.05) is 23.5 Å². The SMILES string of the molecule is CN(C)P(=O)(C(Nc1ccc(OCCC2Oc3ccccc3NC2=O)s1)P(=O)(N(C)C)N(C)C)N(C)C. The standard InChI is InChI=1S/C23H38N6O5P2S/c1-26(2)35(31,27(3)4)23(36(32,28(5)6)29(7)8)25-20-13-14-21(37-20)33-16-15-19-22(30)24-17-11-9-10-12-18(17)34-19/h9-14,19,23,25H,15-16H2,1-8H3,(H,24,30). The summed E-state index contributed by atoms with van der Waals surface area (Å²) < 4.78 is 47.0. The molecule has 3 rings (SSSR count). The number of carbonyl (C=O) groups is 1. The fourth-order valence-corrected chi connectivity index (χ4v) is 12.9. The van der Waals surface area contributed by atoms with E-state index in [-0.39, 0.29) is 12.5 Å². The second-order valence-electron chi connectivity index (χ2n) is 9.43. The topological polar surface area (TPSA) is 107 Å². The van der Waals surface area contributed by atoms with E-state index in [1.165, 1.54) is 11.3 Å². The van der Waals surface area contributed by atoms with Gasteiger partial charge >= 0.3 is 0 Å². The summed E-state index contributed by atoms with van der Waals surface area (Å²) in [4.78, 5) is 12.4. The summed E-state index contributed by atoms with van der Waals surface area (Å²) in [6.45, 7) is 0.269. The second-order valence-corrected chi connectivity index (χ2v) is 17.5. The van der Waals surface area contributed by atoms with E-state index in [9.17, 15) is 13.9 Å². The fourth-order valence-electron chi connectivity index (χ4n) is 4.11. The molecule has 1 amide bonds. The first-order chi connectivity index (χ1) is 17.3. The van der Waals surface area contributed by atoms with Crippen LogP contribution in [0.3, 0.4) is 0 Å². The predicted molar refractivity (Wildman–Crippen MR) is 151 cm³/mol. The third kappa shape index (κ3) is 6.06. The van der Waals surface area contributed by atoms with Gasteiger partial charge in [-0.25, -0.2) is 18.7 Å². The minimum atomic E-state index is -3.32. The normalized spacial score (nSPS) is 16.4. The van der Waals surface area contributed by atoms with Crippen LogP contribution in [0.15, 0.2) is 36.4 Å². The summed E-state index contributed by atoms with van der Waals surface area (Å²) in [7, 11) is 7.22. The smallest absolute Gasteiger partial charge is 0.265 e. The number of amides is 1. The molecule has 0 aliphatic carbocycles. The summed E-state index contributed by atoms with van der Waals surface area (Å²) in [5.74, 6) is 0.433. The maximum atomic E-state index is 14.3. The molecule has 0 bridgehead atoms. The molecule has 0 fully saturated rings. The number of ether oxygens (including phenoxy) is 2. The first-order valence-corrected chi connectivity index (χ1v) is 16.0. The monoisotopic (exact) mass is 572 g/mol. The highest BCUT2D eigenvalue weighted by atomic mass is 32.1. The van der Waals surface area contributed by atoms with E-state index >= 15 is 0 Å². The van der Waals surface area contributed by atoms with Gasteiger partial charge in [-0.3, -0.25) is 13.9 Å². The van der Waals surface area contributed by atoms with Gasteiger partial charge in [-0.05, 0) is 80.6 Å². The highest BCUT2D eigenvalue weighted by Gasteiger charge is 2.52. The Morgan fingerprint density at radius 1 is 0.946 bits per heavy atom. The van der Waals surface area contributed by atoms with Gasteiger partial charge in [-0.15, -0.1) is 0 Å². The van der Waals surface area contributed by atoms with Gasteiger partial charge in [0, 0.05) is 6.42 Å². The second kappa shape index (κ2) is 11.9. The van der Waals surface area contributed by atoms with Gasteiger partial charge in [-0.2, -0.15) is 0 Å². The molecule has 37 heavy (non-hydrogen) atoms. The molecular weight excluding hydrogens is 534 g/mol. The molecule has 14 heteroatoms. The van der Waals surface area contributed by atoms with Gasteiger partial charge in [0.15, 0.2) is 16.7 Å². The van der Waals surface area contributed by atoms with E-state index in [0.717, 1.165) is 0 Å². The highest BCUT2D eigenvalue weighted by molar-refractivity contribution is 7.77. The van der Waals surface area contributed by atoms with Crippen LogP contribution in [0.2, 0.25) is 0 Å². The fraction of sp³-hybridized carbons (Fsp3) is 0.522. The quantitative estimate of drug-likeness (QED) is 0.359. The van der Waals surface area contributed by atoms with Crippen LogP contribution < -0.4 is 20.1 Å². The molecule has 1 aliphatic rings. The Morgan fingerprint density at radius 3 is 2.08 bits per heavy atom. The number of para-hydroxylation sites is 2. The van der Waals surface area contributed by atoms with Gasteiger partial charge in [0.05, 0.1) is 17.3 Å². The number of benzene rings is 1. The van der Waals surface area contributed by atoms with Crippen molar-refractivity contribution in [2.45, 2.75) is 18.0 Å². The van der Waals surface area contributed by atoms with Gasteiger partial charge < -0.3 is 20.1 Å². The van der Waals surface area contributed by atoms with Crippen LogP contribution in [0, 0.1) is 0 Å². The van der Waals surface area contributed by atoms with Gasteiger partial charge in [0.1, 0.15) is 5.75 Å². The molecule has 2 N–H and O–H groups in total. The number of nitrogens with one attached hydrogen (secondary N) is 2. The van der Waals surface area contributed by atoms with Crippen molar-refractivity contribution in [2.75, 3.05) is 73.6 Å². The lowest BCUT2D eigenvalue weighted by Crippen LogP contribution is -2.40. The van der Waals surface area contributed by atoms with Crippen molar-refractivity contribution in [2.24, 2.45) is 0 Å². The zero-order chi connectivity index (χ0) is 27.5. The lowest BCUT2D eigenvalue weighted by Gasteiger charge is -2.44. The number of anilines is 2. The zero-order valence-electron chi connectivity index (χ0n) is 22.7. The Hall–Kier alpha value is -1.91. The lowest BCUT2D eigenvalue weighted by atomic mass is 10.2. The number of carbonyl (C=O) groups excluding carboxylic acids is 1. The number of thiophene rings is 1. The van der Waals surface area contributed by atoms with Crippen molar-refractivity contribution in [3.63, 3.8) is 0 Å². The van der Waals surface area contributed by atoms with Crippen LogP contribution in [0.4, 0.5) is 10.7 Å². The predicted octanol–water partition coefficient (Wildman–Crippen LogP) is 4.24. The molecule has 0 saturated carbocycles. The first kappa shape index (κ1) is 29.6. The number of nitrogens with zero attached hydrogens (tertiary/aromatic N) is 4. The molecule has 0 radical (unpaired) electrons. The minimum absolute atomic E-state index is 0.204. The molecule has 11 nitrogen and oxygen atoms in total. The summed E-state index contributed by atoms with van der Waals surface area (Å²) in [5, 5.41) is 7.47. The molecule has 2 heterocycles. The maximum absolute atomic E-state index is 14.3. The summed E-state index contributed by atoms with van der Waals surface area (Å²) in [6, 6.07) is 10.9.